The van der Waals surface area contributed by atoms with Crippen LogP contribution in [0, 0.1) is 5.92 Å². The number of carbonyl (C=O) groups excluding carboxylic acids is 2. The summed E-state index contributed by atoms with van der Waals surface area (Å²) >= 11 is 0. The summed E-state index contributed by atoms with van der Waals surface area (Å²) in [5.41, 5.74) is 5.68. The minimum Gasteiger partial charge on any atom is -0.330 e. The van der Waals surface area contributed by atoms with Crippen LogP contribution in [-0.4, -0.2) is 54.3 Å². The molecule has 5 nitrogen and oxygen atoms in total. The van der Waals surface area contributed by atoms with Gasteiger partial charge in [-0.05, 0) is 31.8 Å². The van der Waals surface area contributed by atoms with E-state index in [1.807, 2.05) is 0 Å². The monoisotopic (exact) mass is 275 g/mol. The maximum absolute atomic E-state index is 11.4. The number of halogens is 1. The first-order valence-corrected chi connectivity index (χ1v) is 6.46. The van der Waals surface area contributed by atoms with Gasteiger partial charge >= 0.3 is 0 Å². The van der Waals surface area contributed by atoms with Crippen LogP contribution in [0.15, 0.2) is 0 Å². The molecular weight excluding hydrogens is 254 g/mol. The Bertz CT molecular complexity index is 296. The van der Waals surface area contributed by atoms with E-state index in [0.29, 0.717) is 25.3 Å². The molecule has 0 bridgehead atoms. The largest absolute Gasteiger partial charge is 0.330 e. The molecule has 104 valence electrons. The van der Waals surface area contributed by atoms with Crippen molar-refractivity contribution in [3.8, 4) is 0 Å². The van der Waals surface area contributed by atoms with Crippen molar-refractivity contribution in [2.75, 3.05) is 32.7 Å². The molecule has 2 N–H and O–H groups in total. The zero-order valence-electron chi connectivity index (χ0n) is 10.6. The summed E-state index contributed by atoms with van der Waals surface area (Å²) in [5, 5.41) is 0. The molecule has 2 amide bonds. The number of nitrogens with zero attached hydrogens (tertiary/aromatic N) is 2. The Balaban J connectivity index is 0.00000162. The van der Waals surface area contributed by atoms with Gasteiger partial charge in [-0.2, -0.15) is 0 Å². The smallest absolute Gasteiger partial charge is 0.229 e. The quantitative estimate of drug-likeness (QED) is 0.746. The first kappa shape index (κ1) is 15.4. The van der Waals surface area contributed by atoms with Gasteiger partial charge in [-0.15, -0.1) is 12.4 Å². The number of carbonyl (C=O) groups is 2. The molecular formula is C12H22ClN3O2. The lowest BCUT2D eigenvalue weighted by molar-refractivity contribution is -0.138. The van der Waals surface area contributed by atoms with Gasteiger partial charge in [0.25, 0.3) is 0 Å². The number of amides is 2. The highest BCUT2D eigenvalue weighted by Crippen LogP contribution is 2.16. The van der Waals surface area contributed by atoms with Gasteiger partial charge in [0.1, 0.15) is 0 Å². The van der Waals surface area contributed by atoms with Crippen LogP contribution in [0.1, 0.15) is 25.7 Å². The van der Waals surface area contributed by atoms with Gasteiger partial charge in [0, 0.05) is 32.5 Å². The Labute approximate surface area is 114 Å². The lowest BCUT2D eigenvalue weighted by atomic mass is 9.98. The summed E-state index contributed by atoms with van der Waals surface area (Å²) in [6, 6.07) is 0. The van der Waals surface area contributed by atoms with Crippen molar-refractivity contribution in [3.05, 3.63) is 0 Å². The molecule has 1 unspecified atom stereocenters. The molecule has 2 fully saturated rings. The van der Waals surface area contributed by atoms with Crippen LogP contribution in [0.2, 0.25) is 0 Å². The fourth-order valence-corrected chi connectivity index (χ4v) is 2.66. The van der Waals surface area contributed by atoms with Crippen LogP contribution in [0.5, 0.6) is 0 Å². The Morgan fingerprint density at radius 3 is 2.44 bits per heavy atom. The Hall–Kier alpha value is -0.650. The number of piperidine rings is 1. The standard InChI is InChI=1S/C12H21N3O2.ClH/c13-8-10-2-1-5-14(9-10)6-7-15-11(16)3-4-12(15)17;/h10H,1-9,13H2;1H. The number of imide groups is 1. The normalized spacial score (nSPS) is 25.4. The summed E-state index contributed by atoms with van der Waals surface area (Å²) < 4.78 is 0. The SMILES string of the molecule is Cl.NCC1CCCN(CCN2C(=O)CCC2=O)C1. The minimum atomic E-state index is -0.0117. The van der Waals surface area contributed by atoms with E-state index < -0.39 is 0 Å². The molecule has 2 rings (SSSR count). The van der Waals surface area contributed by atoms with Gasteiger partial charge < -0.3 is 10.6 Å². The molecule has 2 aliphatic rings. The topological polar surface area (TPSA) is 66.6 Å². The van der Waals surface area contributed by atoms with E-state index in [9.17, 15) is 9.59 Å². The van der Waals surface area contributed by atoms with Gasteiger partial charge in [-0.25, -0.2) is 0 Å². The average molecular weight is 276 g/mol. The first-order valence-electron chi connectivity index (χ1n) is 6.46. The molecule has 18 heavy (non-hydrogen) atoms. The Morgan fingerprint density at radius 2 is 1.83 bits per heavy atom. The van der Waals surface area contributed by atoms with Crippen LogP contribution in [0.25, 0.3) is 0 Å². The van der Waals surface area contributed by atoms with Crippen LogP contribution in [0.4, 0.5) is 0 Å². The van der Waals surface area contributed by atoms with Gasteiger partial charge in [0.05, 0.1) is 0 Å². The number of hydrogen-bond donors (Lipinski definition) is 1. The number of nitrogens with two attached hydrogens (primary N) is 1. The molecule has 0 saturated carbocycles. The third kappa shape index (κ3) is 3.67. The second kappa shape index (κ2) is 7.07. The molecule has 0 radical (unpaired) electrons. The molecule has 2 heterocycles. The maximum atomic E-state index is 11.4. The second-order valence-electron chi connectivity index (χ2n) is 4.98. The lowest BCUT2D eigenvalue weighted by Crippen LogP contribution is -2.43. The zero-order chi connectivity index (χ0) is 12.3. The van der Waals surface area contributed by atoms with Gasteiger partial charge in [-0.1, -0.05) is 0 Å². The van der Waals surface area contributed by atoms with E-state index in [2.05, 4.69) is 4.90 Å². The number of likely N-dealkylation sites (tertiary alicyclic amines) is 2. The number of hydrogen-bond acceptors (Lipinski definition) is 4. The van der Waals surface area contributed by atoms with Gasteiger partial charge in [0.15, 0.2) is 0 Å². The molecule has 0 aromatic rings. The fourth-order valence-electron chi connectivity index (χ4n) is 2.66. The molecule has 0 aromatic heterocycles. The highest BCUT2D eigenvalue weighted by Gasteiger charge is 2.29. The molecule has 0 aliphatic carbocycles. The van der Waals surface area contributed by atoms with E-state index in [-0.39, 0.29) is 24.2 Å². The summed E-state index contributed by atoms with van der Waals surface area (Å²) in [5.74, 6) is 0.554. The van der Waals surface area contributed by atoms with E-state index in [1.165, 1.54) is 17.7 Å². The molecule has 2 aliphatic heterocycles. The Kier molecular flexibility index (Phi) is 6.05. The van der Waals surface area contributed by atoms with Crippen molar-refractivity contribution in [1.29, 1.82) is 0 Å². The molecule has 0 spiro atoms. The van der Waals surface area contributed by atoms with Crippen molar-refractivity contribution >= 4 is 24.2 Å². The van der Waals surface area contributed by atoms with Crippen molar-refractivity contribution < 1.29 is 9.59 Å². The van der Waals surface area contributed by atoms with E-state index in [4.69, 9.17) is 5.73 Å². The van der Waals surface area contributed by atoms with Crippen molar-refractivity contribution in [2.24, 2.45) is 11.7 Å². The summed E-state index contributed by atoms with van der Waals surface area (Å²) in [4.78, 5) is 26.6. The summed E-state index contributed by atoms with van der Waals surface area (Å²) in [6.45, 7) is 4.15. The van der Waals surface area contributed by atoms with Crippen molar-refractivity contribution in [2.45, 2.75) is 25.7 Å². The zero-order valence-corrected chi connectivity index (χ0v) is 11.5. The summed E-state index contributed by atoms with van der Waals surface area (Å²) in [7, 11) is 0. The van der Waals surface area contributed by atoms with Crippen LogP contribution in [-0.2, 0) is 9.59 Å². The van der Waals surface area contributed by atoms with E-state index in [0.717, 1.165) is 26.2 Å². The summed E-state index contributed by atoms with van der Waals surface area (Å²) in [6.07, 6.45) is 3.16. The predicted octanol–water partition coefficient (Wildman–Crippen LogP) is 0.228. The van der Waals surface area contributed by atoms with Gasteiger partial charge in [0.2, 0.25) is 11.8 Å². The van der Waals surface area contributed by atoms with Crippen molar-refractivity contribution in [3.63, 3.8) is 0 Å². The maximum Gasteiger partial charge on any atom is 0.229 e. The van der Waals surface area contributed by atoms with Crippen LogP contribution < -0.4 is 5.73 Å². The van der Waals surface area contributed by atoms with Crippen molar-refractivity contribution in [1.82, 2.24) is 9.80 Å². The minimum absolute atomic E-state index is 0. The molecule has 2 saturated heterocycles. The fraction of sp³-hybridized carbons (Fsp3) is 0.833. The highest BCUT2D eigenvalue weighted by atomic mass is 35.5. The van der Waals surface area contributed by atoms with E-state index in [1.54, 1.807) is 0 Å². The third-order valence-electron chi connectivity index (χ3n) is 3.73. The van der Waals surface area contributed by atoms with Gasteiger partial charge in [-0.3, -0.25) is 14.5 Å². The number of rotatable bonds is 4. The third-order valence-corrected chi connectivity index (χ3v) is 3.73. The second-order valence-corrected chi connectivity index (χ2v) is 4.98. The molecule has 0 aromatic carbocycles. The van der Waals surface area contributed by atoms with E-state index >= 15 is 0 Å². The van der Waals surface area contributed by atoms with Crippen LogP contribution in [0.3, 0.4) is 0 Å². The Morgan fingerprint density at radius 1 is 1.17 bits per heavy atom. The molecule has 6 heteroatoms. The predicted molar refractivity (Wildman–Crippen MR) is 71.4 cm³/mol. The van der Waals surface area contributed by atoms with Crippen LogP contribution >= 0.6 is 12.4 Å². The first-order chi connectivity index (χ1) is 8.20. The lowest BCUT2D eigenvalue weighted by Gasteiger charge is -2.32. The average Bonchev–Trinajstić information content (AvgIpc) is 2.67. The highest BCUT2D eigenvalue weighted by molar-refractivity contribution is 6.01. The molecule has 1 atom stereocenters.